The van der Waals surface area contributed by atoms with Crippen molar-refractivity contribution in [1.82, 2.24) is 4.98 Å². The second-order valence-corrected chi connectivity index (χ2v) is 7.07. The standard InChI is InChI=1S/C21H20N2O4/c1-25-15-6-4-13-10-17(23-16(13)12-15)20(24)22-14-5-7-18-19(11-14)27-21(26-18)8-2-3-9-21/h4-7,10-12,23H,2-3,8-9H2,1H3,(H,22,24). The molecule has 5 rings (SSSR count). The molecule has 1 aliphatic carbocycles. The molecule has 2 heterocycles. The highest BCUT2D eigenvalue weighted by molar-refractivity contribution is 6.06. The highest BCUT2D eigenvalue weighted by atomic mass is 16.7. The van der Waals surface area contributed by atoms with Gasteiger partial charge in [-0.2, -0.15) is 0 Å². The number of amides is 1. The van der Waals surface area contributed by atoms with Gasteiger partial charge in [-0.3, -0.25) is 4.79 Å². The first-order valence-corrected chi connectivity index (χ1v) is 9.14. The van der Waals surface area contributed by atoms with Crippen molar-refractivity contribution in [2.75, 3.05) is 12.4 Å². The van der Waals surface area contributed by atoms with E-state index in [0.29, 0.717) is 17.1 Å². The second kappa shape index (κ2) is 5.94. The Morgan fingerprint density at radius 2 is 1.89 bits per heavy atom. The summed E-state index contributed by atoms with van der Waals surface area (Å²) in [5.41, 5.74) is 2.02. The zero-order chi connectivity index (χ0) is 18.4. The number of nitrogens with one attached hydrogen (secondary N) is 2. The number of anilines is 1. The molecule has 0 radical (unpaired) electrons. The SMILES string of the molecule is COc1ccc2cc(C(=O)Nc3ccc4c(c3)OC3(CCCC3)O4)[nH]c2c1. The van der Waals surface area contributed by atoms with E-state index in [9.17, 15) is 4.79 Å². The molecule has 0 bridgehead atoms. The highest BCUT2D eigenvalue weighted by Crippen LogP contribution is 2.47. The van der Waals surface area contributed by atoms with Crippen LogP contribution in [0, 0.1) is 0 Å². The predicted octanol–water partition coefficient (Wildman–Crippen LogP) is 4.47. The van der Waals surface area contributed by atoms with Crippen LogP contribution in [0.3, 0.4) is 0 Å². The van der Waals surface area contributed by atoms with Gasteiger partial charge < -0.3 is 24.5 Å². The lowest BCUT2D eigenvalue weighted by Gasteiger charge is -2.21. The maximum atomic E-state index is 12.6. The van der Waals surface area contributed by atoms with E-state index in [4.69, 9.17) is 14.2 Å². The van der Waals surface area contributed by atoms with Gasteiger partial charge in [-0.15, -0.1) is 0 Å². The van der Waals surface area contributed by atoms with Crippen LogP contribution in [0.5, 0.6) is 17.2 Å². The molecule has 0 unspecified atom stereocenters. The summed E-state index contributed by atoms with van der Waals surface area (Å²) in [4.78, 5) is 15.8. The third-order valence-corrected chi connectivity index (χ3v) is 5.23. The molecule has 3 aromatic rings. The predicted molar refractivity (Wildman–Crippen MR) is 102 cm³/mol. The first-order valence-electron chi connectivity index (χ1n) is 9.14. The number of ether oxygens (including phenoxy) is 3. The number of hydrogen-bond acceptors (Lipinski definition) is 4. The summed E-state index contributed by atoms with van der Waals surface area (Å²) >= 11 is 0. The summed E-state index contributed by atoms with van der Waals surface area (Å²) < 4.78 is 17.3. The number of aromatic nitrogens is 1. The normalized spacial score (nSPS) is 16.8. The molecule has 0 saturated heterocycles. The third-order valence-electron chi connectivity index (χ3n) is 5.23. The van der Waals surface area contributed by atoms with Crippen molar-refractivity contribution < 1.29 is 19.0 Å². The average Bonchev–Trinajstić information content (AvgIpc) is 3.38. The van der Waals surface area contributed by atoms with Crippen LogP contribution in [0.4, 0.5) is 5.69 Å². The molecule has 1 aromatic heterocycles. The number of hydrogen-bond donors (Lipinski definition) is 2. The van der Waals surface area contributed by atoms with Crippen LogP contribution in [0.15, 0.2) is 42.5 Å². The minimum atomic E-state index is -0.499. The lowest BCUT2D eigenvalue weighted by Crippen LogP contribution is -2.34. The molecule has 1 saturated carbocycles. The Labute approximate surface area is 156 Å². The number of aromatic amines is 1. The molecule has 6 nitrogen and oxygen atoms in total. The lowest BCUT2D eigenvalue weighted by atomic mass is 10.2. The lowest BCUT2D eigenvalue weighted by molar-refractivity contribution is -0.0716. The Balaban J connectivity index is 1.36. The number of carbonyl (C=O) groups excluding carboxylic acids is 1. The van der Waals surface area contributed by atoms with E-state index in [-0.39, 0.29) is 5.91 Å². The average molecular weight is 364 g/mol. The van der Waals surface area contributed by atoms with Crippen molar-refractivity contribution in [2.45, 2.75) is 31.5 Å². The highest BCUT2D eigenvalue weighted by Gasteiger charge is 2.44. The van der Waals surface area contributed by atoms with Crippen molar-refractivity contribution in [3.63, 3.8) is 0 Å². The molecule has 1 amide bonds. The van der Waals surface area contributed by atoms with E-state index < -0.39 is 5.79 Å². The fraction of sp³-hybridized carbons (Fsp3) is 0.286. The Kier molecular flexibility index (Phi) is 3.53. The molecule has 1 aliphatic heterocycles. The van der Waals surface area contributed by atoms with Crippen LogP contribution in [0.2, 0.25) is 0 Å². The zero-order valence-corrected chi connectivity index (χ0v) is 15.0. The molecule has 2 aromatic carbocycles. The number of carbonyl (C=O) groups is 1. The fourth-order valence-electron chi connectivity index (χ4n) is 3.84. The molecule has 0 atom stereocenters. The fourth-order valence-corrected chi connectivity index (χ4v) is 3.84. The number of H-pyrrole nitrogens is 1. The van der Waals surface area contributed by atoms with Crippen LogP contribution in [0.25, 0.3) is 10.9 Å². The van der Waals surface area contributed by atoms with Crippen molar-refractivity contribution in [1.29, 1.82) is 0 Å². The summed E-state index contributed by atoms with van der Waals surface area (Å²) in [5, 5.41) is 3.87. The molecule has 138 valence electrons. The summed E-state index contributed by atoms with van der Waals surface area (Å²) in [7, 11) is 1.62. The second-order valence-electron chi connectivity index (χ2n) is 7.07. The summed E-state index contributed by atoms with van der Waals surface area (Å²) in [6, 6.07) is 13.0. The molecule has 2 aliphatic rings. The van der Waals surface area contributed by atoms with Crippen molar-refractivity contribution >= 4 is 22.5 Å². The number of benzene rings is 2. The Bertz CT molecular complexity index is 1030. The number of methoxy groups -OCH3 is 1. The maximum absolute atomic E-state index is 12.6. The third kappa shape index (κ3) is 2.77. The Morgan fingerprint density at radius 3 is 2.70 bits per heavy atom. The van der Waals surface area contributed by atoms with Gasteiger partial charge in [0.2, 0.25) is 0 Å². The van der Waals surface area contributed by atoms with Crippen molar-refractivity contribution in [3.05, 3.63) is 48.2 Å². The molecule has 2 N–H and O–H groups in total. The van der Waals surface area contributed by atoms with Crippen LogP contribution in [0.1, 0.15) is 36.2 Å². The molecule has 6 heteroatoms. The van der Waals surface area contributed by atoms with Gasteiger partial charge in [0.15, 0.2) is 11.5 Å². The minimum Gasteiger partial charge on any atom is -0.497 e. The quantitative estimate of drug-likeness (QED) is 0.719. The van der Waals surface area contributed by atoms with Crippen LogP contribution >= 0.6 is 0 Å². The van der Waals surface area contributed by atoms with E-state index >= 15 is 0 Å². The molecular formula is C21H20N2O4. The van der Waals surface area contributed by atoms with E-state index in [1.54, 1.807) is 7.11 Å². The van der Waals surface area contributed by atoms with Gasteiger partial charge in [-0.1, -0.05) is 0 Å². The van der Waals surface area contributed by atoms with Crippen molar-refractivity contribution in [2.24, 2.45) is 0 Å². The van der Waals surface area contributed by atoms with Crippen LogP contribution in [-0.2, 0) is 0 Å². The van der Waals surface area contributed by atoms with Gasteiger partial charge in [0.1, 0.15) is 11.4 Å². The van der Waals surface area contributed by atoms with Gasteiger partial charge in [0.25, 0.3) is 11.7 Å². The van der Waals surface area contributed by atoms with Gasteiger partial charge in [0.05, 0.1) is 7.11 Å². The summed E-state index contributed by atoms with van der Waals surface area (Å²) in [6.45, 7) is 0. The van der Waals surface area contributed by atoms with E-state index in [1.807, 2.05) is 42.5 Å². The van der Waals surface area contributed by atoms with Gasteiger partial charge in [-0.25, -0.2) is 0 Å². The molecule has 27 heavy (non-hydrogen) atoms. The van der Waals surface area contributed by atoms with E-state index in [0.717, 1.165) is 48.1 Å². The largest absolute Gasteiger partial charge is 0.497 e. The van der Waals surface area contributed by atoms with Crippen molar-refractivity contribution in [3.8, 4) is 17.2 Å². The van der Waals surface area contributed by atoms with Gasteiger partial charge in [0, 0.05) is 41.6 Å². The van der Waals surface area contributed by atoms with Gasteiger partial charge in [-0.05, 0) is 43.2 Å². The Morgan fingerprint density at radius 1 is 1.07 bits per heavy atom. The van der Waals surface area contributed by atoms with Gasteiger partial charge >= 0.3 is 0 Å². The first kappa shape index (κ1) is 16.1. The zero-order valence-electron chi connectivity index (χ0n) is 15.0. The van der Waals surface area contributed by atoms with Crippen LogP contribution in [-0.4, -0.2) is 23.8 Å². The summed E-state index contributed by atoms with van der Waals surface area (Å²) in [6.07, 6.45) is 4.04. The number of rotatable bonds is 3. The maximum Gasteiger partial charge on any atom is 0.272 e. The Hall–Kier alpha value is -3.15. The number of fused-ring (bicyclic) bond motifs is 2. The monoisotopic (exact) mass is 364 g/mol. The molecular weight excluding hydrogens is 344 g/mol. The van der Waals surface area contributed by atoms with E-state index in [2.05, 4.69) is 10.3 Å². The molecule has 1 fully saturated rings. The smallest absolute Gasteiger partial charge is 0.272 e. The molecule has 1 spiro atoms. The summed E-state index contributed by atoms with van der Waals surface area (Å²) in [5.74, 6) is 1.47. The van der Waals surface area contributed by atoms with Crippen LogP contribution < -0.4 is 19.5 Å². The topological polar surface area (TPSA) is 72.6 Å². The first-order chi connectivity index (χ1) is 13.1. The minimum absolute atomic E-state index is 0.209. The van der Waals surface area contributed by atoms with E-state index in [1.165, 1.54) is 0 Å².